The largest absolute Gasteiger partial charge is 0.454 e. The van der Waals surface area contributed by atoms with Crippen molar-refractivity contribution in [2.24, 2.45) is 0 Å². The van der Waals surface area contributed by atoms with Crippen LogP contribution in [0.15, 0.2) is 47.3 Å². The third-order valence-electron chi connectivity index (χ3n) is 5.20. The van der Waals surface area contributed by atoms with Gasteiger partial charge in [0.1, 0.15) is 5.82 Å². The minimum Gasteiger partial charge on any atom is -0.454 e. The van der Waals surface area contributed by atoms with Gasteiger partial charge >= 0.3 is 5.97 Å². The number of hydrogen-bond donors (Lipinski definition) is 1. The molecule has 0 saturated carbocycles. The number of carbonyl (C=O) groups is 3. The van der Waals surface area contributed by atoms with Crippen molar-refractivity contribution in [3.05, 3.63) is 69.8 Å². The maximum atomic E-state index is 12.5. The highest BCUT2D eigenvalue weighted by Crippen LogP contribution is 2.17. The van der Waals surface area contributed by atoms with Gasteiger partial charge in [-0.15, -0.1) is 0 Å². The second-order valence-corrected chi connectivity index (χ2v) is 7.30. The summed E-state index contributed by atoms with van der Waals surface area (Å²) in [6.45, 7) is 1.99. The Labute approximate surface area is 177 Å². The Kier molecular flexibility index (Phi) is 5.62. The van der Waals surface area contributed by atoms with Gasteiger partial charge in [-0.25, -0.2) is 9.78 Å². The van der Waals surface area contributed by atoms with E-state index in [1.807, 2.05) is 0 Å². The van der Waals surface area contributed by atoms with Gasteiger partial charge in [0, 0.05) is 30.6 Å². The Bertz CT molecular complexity index is 1240. The van der Waals surface area contributed by atoms with E-state index in [0.717, 1.165) is 18.7 Å². The molecular weight excluding hydrogens is 398 g/mol. The highest BCUT2D eigenvalue weighted by Gasteiger charge is 2.18. The zero-order chi connectivity index (χ0) is 22.0. The Balaban J connectivity index is 1.43. The van der Waals surface area contributed by atoms with Gasteiger partial charge in [-0.05, 0) is 48.9 Å². The van der Waals surface area contributed by atoms with Crippen LogP contribution in [0.3, 0.4) is 0 Å². The van der Waals surface area contributed by atoms with Crippen LogP contribution in [0.1, 0.15) is 46.3 Å². The Morgan fingerprint density at radius 3 is 2.58 bits per heavy atom. The highest BCUT2D eigenvalue weighted by atomic mass is 16.5. The van der Waals surface area contributed by atoms with Crippen molar-refractivity contribution in [1.29, 1.82) is 0 Å². The zero-order valence-corrected chi connectivity index (χ0v) is 17.0. The number of ether oxygens (including phenoxy) is 1. The lowest BCUT2D eigenvalue weighted by Gasteiger charge is -2.08. The summed E-state index contributed by atoms with van der Waals surface area (Å²) in [6, 6.07) is 11.0. The summed E-state index contributed by atoms with van der Waals surface area (Å²) in [5, 5.41) is 3.15. The Morgan fingerprint density at radius 1 is 1.10 bits per heavy atom. The van der Waals surface area contributed by atoms with E-state index in [-0.39, 0.29) is 22.8 Å². The number of anilines is 1. The number of Topliss-reactive ketones (excluding diaryl/α,β-unsaturated/α-hetero) is 1. The number of nitrogens with one attached hydrogen (secondary N) is 1. The van der Waals surface area contributed by atoms with Crippen molar-refractivity contribution in [2.75, 3.05) is 11.9 Å². The summed E-state index contributed by atoms with van der Waals surface area (Å²) < 4.78 is 6.82. The van der Waals surface area contributed by atoms with Crippen molar-refractivity contribution in [3.63, 3.8) is 0 Å². The average molecular weight is 419 g/mol. The summed E-state index contributed by atoms with van der Waals surface area (Å²) in [4.78, 5) is 53.2. The fraction of sp³-hybridized carbons (Fsp3) is 0.261. The number of hydrogen-bond acceptors (Lipinski definition) is 6. The lowest BCUT2D eigenvalue weighted by Crippen LogP contribution is -2.21. The monoisotopic (exact) mass is 419 g/mol. The van der Waals surface area contributed by atoms with Crippen LogP contribution in [0.4, 0.5) is 5.69 Å². The fourth-order valence-electron chi connectivity index (χ4n) is 3.50. The second kappa shape index (κ2) is 8.51. The van der Waals surface area contributed by atoms with Crippen LogP contribution in [-0.4, -0.2) is 33.8 Å². The molecule has 0 fully saturated rings. The summed E-state index contributed by atoms with van der Waals surface area (Å²) in [6.07, 6.45) is 1.97. The van der Waals surface area contributed by atoms with E-state index in [1.54, 1.807) is 41.8 Å². The molecule has 0 unspecified atom stereocenters. The maximum absolute atomic E-state index is 12.5. The van der Waals surface area contributed by atoms with E-state index < -0.39 is 12.6 Å². The first kappa shape index (κ1) is 20.5. The number of fused-ring (bicyclic) bond motifs is 2. The van der Waals surface area contributed by atoms with Crippen molar-refractivity contribution in [3.8, 4) is 0 Å². The van der Waals surface area contributed by atoms with Crippen LogP contribution in [0.5, 0.6) is 0 Å². The van der Waals surface area contributed by atoms with Crippen molar-refractivity contribution in [1.82, 2.24) is 9.55 Å². The van der Waals surface area contributed by atoms with Crippen LogP contribution in [0.25, 0.3) is 10.9 Å². The standard InChI is InChI=1S/C23H21N3O5/c1-2-21(28)24-16-8-5-14(6-9-16)19(27)13-31-23(30)15-7-10-17-18(12-15)25-20-4-3-11-26(20)22(17)29/h5-10,12H,2-4,11,13H2,1H3,(H,24,28). The number of rotatable bonds is 6. The van der Waals surface area contributed by atoms with Crippen LogP contribution in [0, 0.1) is 0 Å². The molecule has 0 radical (unpaired) electrons. The number of aromatic nitrogens is 2. The summed E-state index contributed by atoms with van der Waals surface area (Å²) in [7, 11) is 0. The second-order valence-electron chi connectivity index (χ2n) is 7.30. The van der Waals surface area contributed by atoms with Gasteiger partial charge in [-0.2, -0.15) is 0 Å². The number of nitrogens with zero attached hydrogens (tertiary/aromatic N) is 2. The fourth-order valence-corrected chi connectivity index (χ4v) is 3.50. The average Bonchev–Trinajstić information content (AvgIpc) is 3.26. The lowest BCUT2D eigenvalue weighted by molar-refractivity contribution is -0.115. The van der Waals surface area contributed by atoms with Gasteiger partial charge in [0.15, 0.2) is 12.4 Å². The third kappa shape index (κ3) is 4.23. The molecule has 0 spiro atoms. The molecule has 158 valence electrons. The van der Waals surface area contributed by atoms with Gasteiger partial charge in [-0.3, -0.25) is 19.0 Å². The molecule has 2 aromatic carbocycles. The smallest absolute Gasteiger partial charge is 0.338 e. The van der Waals surface area contributed by atoms with Crippen LogP contribution in [0.2, 0.25) is 0 Å². The quantitative estimate of drug-likeness (QED) is 0.486. The number of ketones is 1. The van der Waals surface area contributed by atoms with Gasteiger partial charge in [0.25, 0.3) is 5.56 Å². The number of aryl methyl sites for hydroxylation is 1. The first-order chi connectivity index (χ1) is 15.0. The minimum atomic E-state index is -0.663. The van der Waals surface area contributed by atoms with Gasteiger partial charge < -0.3 is 10.1 Å². The molecule has 1 aliphatic heterocycles. The molecule has 1 aromatic heterocycles. The predicted molar refractivity (Wildman–Crippen MR) is 114 cm³/mol. The third-order valence-corrected chi connectivity index (χ3v) is 5.20. The summed E-state index contributed by atoms with van der Waals surface area (Å²) in [5.41, 5.74) is 1.53. The highest BCUT2D eigenvalue weighted by molar-refractivity contribution is 6.00. The lowest BCUT2D eigenvalue weighted by atomic mass is 10.1. The molecule has 0 aliphatic carbocycles. The van der Waals surface area contributed by atoms with Crippen molar-refractivity contribution < 1.29 is 19.1 Å². The van der Waals surface area contributed by atoms with Gasteiger partial charge in [0.2, 0.25) is 5.91 Å². The molecule has 2 heterocycles. The summed E-state index contributed by atoms with van der Waals surface area (Å²) in [5.74, 6) is -0.427. The minimum absolute atomic E-state index is 0.105. The molecule has 0 bridgehead atoms. The van der Waals surface area contributed by atoms with Gasteiger partial charge in [-0.1, -0.05) is 6.92 Å². The molecule has 4 rings (SSSR count). The number of esters is 1. The Hall–Kier alpha value is -3.81. The first-order valence-electron chi connectivity index (χ1n) is 10.1. The van der Waals surface area contributed by atoms with E-state index in [2.05, 4.69) is 10.3 Å². The van der Waals surface area contributed by atoms with Crippen molar-refractivity contribution >= 4 is 34.3 Å². The number of benzene rings is 2. The molecule has 1 aliphatic rings. The molecule has 1 N–H and O–H groups in total. The molecule has 3 aromatic rings. The molecule has 0 atom stereocenters. The Morgan fingerprint density at radius 2 is 1.84 bits per heavy atom. The zero-order valence-electron chi connectivity index (χ0n) is 17.0. The van der Waals surface area contributed by atoms with Crippen molar-refractivity contribution in [2.45, 2.75) is 32.7 Å². The predicted octanol–water partition coefficient (Wildman–Crippen LogP) is 2.73. The van der Waals surface area contributed by atoms with E-state index in [4.69, 9.17) is 4.74 Å². The van der Waals surface area contributed by atoms with E-state index in [1.165, 1.54) is 12.1 Å². The van der Waals surface area contributed by atoms with E-state index in [0.29, 0.717) is 35.1 Å². The normalized spacial score (nSPS) is 12.4. The molecule has 31 heavy (non-hydrogen) atoms. The molecular formula is C23H21N3O5. The number of carbonyl (C=O) groups excluding carboxylic acids is 3. The van der Waals surface area contributed by atoms with E-state index >= 15 is 0 Å². The first-order valence-corrected chi connectivity index (χ1v) is 10.1. The maximum Gasteiger partial charge on any atom is 0.338 e. The van der Waals surface area contributed by atoms with Gasteiger partial charge in [0.05, 0.1) is 16.5 Å². The number of amides is 1. The van der Waals surface area contributed by atoms with Crippen LogP contribution < -0.4 is 10.9 Å². The SMILES string of the molecule is CCC(=O)Nc1ccc(C(=O)COC(=O)c2ccc3c(=O)n4c(nc3c2)CCC4)cc1. The molecule has 8 nitrogen and oxygen atoms in total. The van der Waals surface area contributed by atoms with Crippen LogP contribution in [-0.2, 0) is 22.5 Å². The summed E-state index contributed by atoms with van der Waals surface area (Å²) >= 11 is 0. The topological polar surface area (TPSA) is 107 Å². The van der Waals surface area contributed by atoms with E-state index in [9.17, 15) is 19.2 Å². The molecule has 8 heteroatoms. The van der Waals surface area contributed by atoms with Crippen LogP contribution >= 0.6 is 0 Å². The molecule has 1 amide bonds. The molecule has 0 saturated heterocycles.